The molecule has 8 nitrogen and oxygen atoms in total. The molecule has 0 aliphatic carbocycles. The van der Waals surface area contributed by atoms with Crippen LogP contribution in [0.5, 0.6) is 0 Å². The second-order valence-electron chi connectivity index (χ2n) is 8.17. The predicted molar refractivity (Wildman–Crippen MR) is 114 cm³/mol. The molecule has 2 aliphatic heterocycles. The largest absolute Gasteiger partial charge is 0.379 e. The molecule has 152 valence electrons. The number of amides is 1. The third-order valence-corrected chi connectivity index (χ3v) is 5.77. The highest BCUT2D eigenvalue weighted by molar-refractivity contribution is 6.07. The van der Waals surface area contributed by atoms with Crippen molar-refractivity contribution in [1.82, 2.24) is 14.6 Å². The number of aromatic nitrogens is 3. The molecule has 1 amide bonds. The lowest BCUT2D eigenvalue weighted by molar-refractivity contribution is -0.121. The van der Waals surface area contributed by atoms with E-state index in [0.29, 0.717) is 12.6 Å². The molecule has 3 aromatic rings. The zero-order valence-electron chi connectivity index (χ0n) is 16.8. The number of rotatable bonds is 4. The topological polar surface area (TPSA) is 83.8 Å². The van der Waals surface area contributed by atoms with Gasteiger partial charge >= 0.3 is 0 Å². The summed E-state index contributed by atoms with van der Waals surface area (Å²) in [5, 5.41) is 11.4. The van der Waals surface area contributed by atoms with E-state index >= 15 is 0 Å². The van der Waals surface area contributed by atoms with Gasteiger partial charge in [-0.25, -0.2) is 0 Å². The second kappa shape index (κ2) is 6.45. The summed E-state index contributed by atoms with van der Waals surface area (Å²) in [6.45, 7) is 5.40. The van der Waals surface area contributed by atoms with Crippen molar-refractivity contribution in [3.8, 4) is 0 Å². The molecule has 4 heterocycles. The van der Waals surface area contributed by atoms with E-state index in [4.69, 9.17) is 4.74 Å². The van der Waals surface area contributed by atoms with Crippen LogP contribution >= 0.6 is 0 Å². The van der Waals surface area contributed by atoms with Gasteiger partial charge in [0.15, 0.2) is 5.65 Å². The first-order chi connectivity index (χ1) is 13.9. The summed E-state index contributed by atoms with van der Waals surface area (Å²) in [6.07, 6.45) is 0.980. The van der Waals surface area contributed by atoms with Crippen molar-refractivity contribution in [3.05, 3.63) is 42.0 Å². The zero-order chi connectivity index (χ0) is 20.2. The number of nitrogens with zero attached hydrogens (tertiary/aromatic N) is 4. The van der Waals surface area contributed by atoms with Crippen LogP contribution in [0.2, 0.25) is 0 Å². The van der Waals surface area contributed by atoms with E-state index in [2.05, 4.69) is 20.7 Å². The molecule has 0 spiro atoms. The van der Waals surface area contributed by atoms with Crippen molar-refractivity contribution in [3.63, 3.8) is 0 Å². The summed E-state index contributed by atoms with van der Waals surface area (Å²) < 4.78 is 7.24. The van der Waals surface area contributed by atoms with Gasteiger partial charge in [-0.05, 0) is 50.1 Å². The summed E-state index contributed by atoms with van der Waals surface area (Å²) in [6, 6.07) is 12.1. The maximum Gasteiger partial charge on any atom is 0.247 e. The van der Waals surface area contributed by atoms with Crippen molar-refractivity contribution < 1.29 is 11.0 Å². The highest BCUT2D eigenvalue weighted by atomic mass is 16.5. The number of hydrogen-bond donors (Lipinski definition) is 2. The standard InChI is InChI=1S/C21H24N6O2.H2/c1-21(2)15-8-7-13(11-16(15)26(3)19(21)28)23-20-24-18-6-4-5-17(27(18)25-20)22-14-9-10-29-12-14;/h4-8,11,14,22H,9-10,12H2,1-3H3,(H,23,25);1H/t14-;/m0./s1. The third-order valence-electron chi connectivity index (χ3n) is 5.77. The SMILES string of the molecule is CN1C(=O)C(C)(C)c2ccc(Nc3nc4cccc(N[C@H]5CCOC5)n4n3)cc21.[HH]. The minimum atomic E-state index is -0.505. The average molecular weight is 394 g/mol. The molecule has 0 unspecified atom stereocenters. The number of benzene rings is 1. The molecule has 2 aliphatic rings. The fourth-order valence-electron chi connectivity index (χ4n) is 4.11. The minimum absolute atomic E-state index is 0. The van der Waals surface area contributed by atoms with Crippen molar-refractivity contribution in [2.24, 2.45) is 0 Å². The summed E-state index contributed by atoms with van der Waals surface area (Å²) in [5.74, 6) is 1.50. The Bertz CT molecular complexity index is 1110. The average Bonchev–Trinajstić information content (AvgIpc) is 3.39. The van der Waals surface area contributed by atoms with Crippen LogP contribution in [0.1, 0.15) is 27.3 Å². The van der Waals surface area contributed by atoms with E-state index in [1.54, 1.807) is 9.42 Å². The maximum absolute atomic E-state index is 12.5. The predicted octanol–water partition coefficient (Wildman–Crippen LogP) is 3.17. The minimum Gasteiger partial charge on any atom is -0.379 e. The number of hydrogen-bond acceptors (Lipinski definition) is 6. The Hall–Kier alpha value is -3.13. The van der Waals surface area contributed by atoms with Gasteiger partial charge in [0.1, 0.15) is 5.82 Å². The van der Waals surface area contributed by atoms with Crippen LogP contribution < -0.4 is 15.5 Å². The molecular formula is C21H26N6O2. The third kappa shape index (κ3) is 2.91. The zero-order valence-corrected chi connectivity index (χ0v) is 16.8. The second-order valence-corrected chi connectivity index (χ2v) is 8.17. The van der Waals surface area contributed by atoms with Crippen molar-refractivity contribution in [1.29, 1.82) is 0 Å². The van der Waals surface area contributed by atoms with Crippen LogP contribution in [-0.4, -0.2) is 46.8 Å². The smallest absolute Gasteiger partial charge is 0.247 e. The number of anilines is 4. The van der Waals surface area contributed by atoms with Gasteiger partial charge in [-0.1, -0.05) is 12.1 Å². The number of pyridine rings is 1. The lowest BCUT2D eigenvalue weighted by Gasteiger charge is -2.16. The van der Waals surface area contributed by atoms with Gasteiger partial charge in [0.2, 0.25) is 11.9 Å². The number of carbonyl (C=O) groups is 1. The van der Waals surface area contributed by atoms with Crippen molar-refractivity contribution in [2.75, 3.05) is 35.8 Å². The van der Waals surface area contributed by atoms with Crippen LogP contribution in [0.4, 0.5) is 23.1 Å². The Morgan fingerprint density at radius 3 is 2.93 bits per heavy atom. The van der Waals surface area contributed by atoms with E-state index in [0.717, 1.165) is 41.4 Å². The van der Waals surface area contributed by atoms with Crippen LogP contribution in [0, 0.1) is 0 Å². The van der Waals surface area contributed by atoms with Gasteiger partial charge in [0, 0.05) is 26.5 Å². The van der Waals surface area contributed by atoms with E-state index in [-0.39, 0.29) is 13.4 Å². The summed E-state index contributed by atoms with van der Waals surface area (Å²) in [5.41, 5.74) is 3.04. The number of carbonyl (C=O) groups excluding carboxylic acids is 1. The van der Waals surface area contributed by atoms with E-state index < -0.39 is 5.41 Å². The van der Waals surface area contributed by atoms with Crippen molar-refractivity contribution in [2.45, 2.75) is 31.7 Å². The maximum atomic E-state index is 12.5. The lowest BCUT2D eigenvalue weighted by atomic mass is 9.86. The van der Waals surface area contributed by atoms with Gasteiger partial charge in [-0.15, -0.1) is 5.10 Å². The van der Waals surface area contributed by atoms with Crippen molar-refractivity contribution >= 4 is 34.7 Å². The summed E-state index contributed by atoms with van der Waals surface area (Å²) >= 11 is 0. The first-order valence-corrected chi connectivity index (χ1v) is 9.83. The van der Waals surface area contributed by atoms with Gasteiger partial charge in [0.25, 0.3) is 0 Å². The highest BCUT2D eigenvalue weighted by Crippen LogP contribution is 2.42. The summed E-state index contributed by atoms with van der Waals surface area (Å²) in [4.78, 5) is 18.8. The number of nitrogens with one attached hydrogen (secondary N) is 2. The normalized spacial score (nSPS) is 20.3. The Kier molecular flexibility index (Phi) is 3.99. The lowest BCUT2D eigenvalue weighted by Crippen LogP contribution is -2.33. The molecule has 2 N–H and O–H groups in total. The molecule has 1 atom stereocenters. The molecule has 0 saturated carbocycles. The van der Waals surface area contributed by atoms with E-state index in [1.807, 2.05) is 57.3 Å². The first-order valence-electron chi connectivity index (χ1n) is 9.83. The Morgan fingerprint density at radius 1 is 1.28 bits per heavy atom. The molecule has 5 rings (SSSR count). The van der Waals surface area contributed by atoms with Crippen LogP contribution in [0.3, 0.4) is 0 Å². The molecule has 29 heavy (non-hydrogen) atoms. The van der Waals surface area contributed by atoms with Gasteiger partial charge in [-0.3, -0.25) is 4.79 Å². The van der Waals surface area contributed by atoms with Gasteiger partial charge in [0.05, 0.1) is 18.1 Å². The van der Waals surface area contributed by atoms with Crippen LogP contribution in [-0.2, 0) is 14.9 Å². The van der Waals surface area contributed by atoms with E-state index in [1.165, 1.54) is 0 Å². The molecular weight excluding hydrogens is 368 g/mol. The molecule has 0 bridgehead atoms. The highest BCUT2D eigenvalue weighted by Gasteiger charge is 2.42. The Morgan fingerprint density at radius 2 is 2.14 bits per heavy atom. The van der Waals surface area contributed by atoms with Crippen LogP contribution in [0.25, 0.3) is 5.65 Å². The Balaban J connectivity index is 0.00000218. The molecule has 1 aromatic carbocycles. The molecule has 8 heteroatoms. The molecule has 1 fully saturated rings. The van der Waals surface area contributed by atoms with E-state index in [9.17, 15) is 4.79 Å². The molecule has 2 aromatic heterocycles. The summed E-state index contributed by atoms with van der Waals surface area (Å²) in [7, 11) is 1.81. The molecule has 1 saturated heterocycles. The quantitative estimate of drug-likeness (QED) is 0.707. The van der Waals surface area contributed by atoms with Gasteiger partial charge < -0.3 is 20.3 Å². The molecule has 0 radical (unpaired) electrons. The fourth-order valence-corrected chi connectivity index (χ4v) is 4.11. The number of likely N-dealkylation sites (N-methyl/N-ethyl adjacent to an activating group) is 1. The number of fused-ring (bicyclic) bond motifs is 2. The van der Waals surface area contributed by atoms with Gasteiger partial charge in [-0.2, -0.15) is 9.50 Å². The van der Waals surface area contributed by atoms with Crippen LogP contribution in [0.15, 0.2) is 36.4 Å². The monoisotopic (exact) mass is 394 g/mol. The number of ether oxygens (including phenoxy) is 1. The fraction of sp³-hybridized carbons (Fsp3) is 0.381. The Labute approximate surface area is 170 Å². The first kappa shape index (κ1) is 17.9.